The van der Waals surface area contributed by atoms with Crippen LogP contribution >= 0.6 is 23.4 Å². The zero-order valence-corrected chi connectivity index (χ0v) is 19.5. The molecule has 0 N–H and O–H groups in total. The number of para-hydroxylation sites is 1. The van der Waals surface area contributed by atoms with Crippen molar-refractivity contribution in [2.45, 2.75) is 24.8 Å². The summed E-state index contributed by atoms with van der Waals surface area (Å²) in [6, 6.07) is 20.7. The number of benzene rings is 3. The molecule has 0 radical (unpaired) electrons. The van der Waals surface area contributed by atoms with Crippen LogP contribution in [0.3, 0.4) is 0 Å². The molecule has 0 saturated carbocycles. The van der Waals surface area contributed by atoms with E-state index in [1.807, 2.05) is 68.4 Å². The molecule has 0 atom stereocenters. The number of halogens is 1. The highest BCUT2D eigenvalue weighted by Gasteiger charge is 2.17. The monoisotopic (exact) mass is 474 g/mol. The molecule has 0 unspecified atom stereocenters. The Labute approximate surface area is 199 Å². The lowest BCUT2D eigenvalue weighted by molar-refractivity contribution is 0.528. The number of aromatic nitrogens is 4. The normalized spacial score (nSPS) is 11.2. The molecule has 0 saturated heterocycles. The van der Waals surface area contributed by atoms with E-state index >= 15 is 0 Å². The zero-order valence-electron chi connectivity index (χ0n) is 17.9. The molecule has 33 heavy (non-hydrogen) atoms. The van der Waals surface area contributed by atoms with Gasteiger partial charge in [-0.25, -0.2) is 4.98 Å². The van der Waals surface area contributed by atoms with Gasteiger partial charge >= 0.3 is 0 Å². The Balaban J connectivity index is 1.54. The van der Waals surface area contributed by atoms with Gasteiger partial charge < -0.3 is 4.42 Å². The first kappa shape index (κ1) is 21.4. The van der Waals surface area contributed by atoms with E-state index in [-0.39, 0.29) is 5.56 Å². The van der Waals surface area contributed by atoms with Crippen molar-refractivity contribution in [1.82, 2.24) is 19.7 Å². The Morgan fingerprint density at radius 3 is 2.58 bits per heavy atom. The van der Waals surface area contributed by atoms with Crippen molar-refractivity contribution in [2.24, 2.45) is 0 Å². The molecule has 2 heterocycles. The largest absolute Gasteiger partial charge is 0.420 e. The second-order valence-corrected chi connectivity index (χ2v) is 8.94. The molecular weight excluding hydrogens is 456 g/mol. The summed E-state index contributed by atoms with van der Waals surface area (Å²) in [5.41, 5.74) is 4.00. The van der Waals surface area contributed by atoms with Crippen LogP contribution in [0.4, 0.5) is 0 Å². The Bertz CT molecular complexity index is 1530. The molecular formula is C25H19ClN4O2S. The molecule has 2 aromatic heterocycles. The number of hydrogen-bond donors (Lipinski definition) is 0. The van der Waals surface area contributed by atoms with Gasteiger partial charge in [-0.2, -0.15) is 0 Å². The van der Waals surface area contributed by atoms with Crippen molar-refractivity contribution in [2.75, 3.05) is 0 Å². The third-order valence-corrected chi connectivity index (χ3v) is 6.65. The first-order valence-corrected chi connectivity index (χ1v) is 11.7. The van der Waals surface area contributed by atoms with Gasteiger partial charge in [0, 0.05) is 10.6 Å². The van der Waals surface area contributed by atoms with Crippen molar-refractivity contribution in [1.29, 1.82) is 0 Å². The molecule has 0 aliphatic rings. The quantitative estimate of drug-likeness (QED) is 0.230. The van der Waals surface area contributed by atoms with Crippen LogP contribution in [-0.2, 0) is 5.75 Å². The second kappa shape index (κ2) is 8.84. The van der Waals surface area contributed by atoms with Gasteiger partial charge in [-0.1, -0.05) is 59.3 Å². The first-order chi connectivity index (χ1) is 16.0. The maximum absolute atomic E-state index is 13.5. The topological polar surface area (TPSA) is 73.8 Å². The van der Waals surface area contributed by atoms with Crippen LogP contribution in [0.2, 0.25) is 5.02 Å². The van der Waals surface area contributed by atoms with Crippen molar-refractivity contribution in [3.05, 3.63) is 99.1 Å². The highest BCUT2D eigenvalue weighted by Crippen LogP contribution is 2.29. The number of hydrogen-bond acceptors (Lipinski definition) is 6. The average Bonchev–Trinajstić information content (AvgIpc) is 3.30. The average molecular weight is 475 g/mol. The third kappa shape index (κ3) is 4.17. The van der Waals surface area contributed by atoms with Crippen LogP contribution in [0.5, 0.6) is 0 Å². The van der Waals surface area contributed by atoms with Crippen molar-refractivity contribution >= 4 is 34.3 Å². The van der Waals surface area contributed by atoms with Crippen molar-refractivity contribution < 1.29 is 4.42 Å². The minimum atomic E-state index is -0.153. The predicted octanol–water partition coefficient (Wildman–Crippen LogP) is 6.00. The summed E-state index contributed by atoms with van der Waals surface area (Å²) in [5, 5.41) is 10.00. The Hall–Kier alpha value is -3.42. The molecule has 0 aliphatic carbocycles. The lowest BCUT2D eigenvalue weighted by Gasteiger charge is -2.15. The predicted molar refractivity (Wildman–Crippen MR) is 131 cm³/mol. The van der Waals surface area contributed by atoms with Crippen LogP contribution in [0.1, 0.15) is 17.0 Å². The molecule has 0 bridgehead atoms. The standard InChI is InChI=1S/C25H19ClN4O2S/c1-15-10-12-17(13-11-15)23-29-28-22(32-23)14-33-25-27-20-8-4-3-6-18(20)24(31)30(25)21-9-5-7-19(26)16(21)2/h3-13H,14H2,1-2H3. The Kier molecular flexibility index (Phi) is 5.74. The molecule has 3 aromatic carbocycles. The number of nitrogens with zero attached hydrogens (tertiary/aromatic N) is 4. The van der Waals surface area contributed by atoms with Crippen LogP contribution < -0.4 is 5.56 Å². The Morgan fingerprint density at radius 1 is 0.970 bits per heavy atom. The summed E-state index contributed by atoms with van der Waals surface area (Å²) in [4.78, 5) is 18.2. The van der Waals surface area contributed by atoms with E-state index < -0.39 is 0 Å². The minimum absolute atomic E-state index is 0.153. The molecule has 8 heteroatoms. The second-order valence-electron chi connectivity index (χ2n) is 7.59. The number of thioether (sulfide) groups is 1. The molecule has 164 valence electrons. The van der Waals surface area contributed by atoms with E-state index in [1.165, 1.54) is 11.8 Å². The lowest BCUT2D eigenvalue weighted by atomic mass is 10.1. The summed E-state index contributed by atoms with van der Waals surface area (Å²) in [5.74, 6) is 1.27. The third-order valence-electron chi connectivity index (χ3n) is 5.32. The Morgan fingerprint density at radius 2 is 1.76 bits per heavy atom. The van der Waals surface area contributed by atoms with Crippen LogP contribution in [0.15, 0.2) is 81.1 Å². The number of fused-ring (bicyclic) bond motifs is 1. The van der Waals surface area contributed by atoms with E-state index in [4.69, 9.17) is 21.0 Å². The van der Waals surface area contributed by atoms with E-state index in [2.05, 4.69) is 10.2 Å². The molecule has 0 spiro atoms. The fourth-order valence-electron chi connectivity index (χ4n) is 3.51. The van der Waals surface area contributed by atoms with Gasteiger partial charge in [0.1, 0.15) is 0 Å². The first-order valence-electron chi connectivity index (χ1n) is 10.3. The number of rotatable bonds is 5. The highest BCUT2D eigenvalue weighted by molar-refractivity contribution is 7.98. The summed E-state index contributed by atoms with van der Waals surface area (Å²) < 4.78 is 7.46. The zero-order chi connectivity index (χ0) is 22.9. The molecule has 0 aliphatic heterocycles. The fraction of sp³-hybridized carbons (Fsp3) is 0.120. The van der Waals surface area contributed by atoms with Gasteiger partial charge in [0.05, 0.1) is 22.3 Å². The van der Waals surface area contributed by atoms with E-state index in [0.29, 0.717) is 44.3 Å². The smallest absolute Gasteiger partial charge is 0.266 e. The molecule has 0 amide bonds. The van der Waals surface area contributed by atoms with E-state index in [0.717, 1.165) is 16.7 Å². The minimum Gasteiger partial charge on any atom is -0.420 e. The van der Waals surface area contributed by atoms with E-state index in [9.17, 15) is 4.79 Å². The highest BCUT2D eigenvalue weighted by atomic mass is 35.5. The van der Waals surface area contributed by atoms with Crippen LogP contribution in [0, 0.1) is 13.8 Å². The van der Waals surface area contributed by atoms with E-state index in [1.54, 1.807) is 16.7 Å². The van der Waals surface area contributed by atoms with Gasteiger partial charge in [0.2, 0.25) is 11.8 Å². The van der Waals surface area contributed by atoms with Crippen LogP contribution in [-0.4, -0.2) is 19.7 Å². The summed E-state index contributed by atoms with van der Waals surface area (Å²) in [6.45, 7) is 3.91. The maximum atomic E-state index is 13.5. The maximum Gasteiger partial charge on any atom is 0.266 e. The SMILES string of the molecule is Cc1ccc(-c2nnc(CSc3nc4ccccc4c(=O)n3-c3cccc(Cl)c3C)o2)cc1. The molecule has 0 fully saturated rings. The van der Waals surface area contributed by atoms with Gasteiger partial charge in [-0.3, -0.25) is 9.36 Å². The number of aryl methyl sites for hydroxylation is 1. The lowest BCUT2D eigenvalue weighted by Crippen LogP contribution is -2.22. The van der Waals surface area contributed by atoms with Gasteiger partial charge in [0.15, 0.2) is 5.16 Å². The summed E-state index contributed by atoms with van der Waals surface area (Å²) >= 11 is 7.72. The van der Waals surface area contributed by atoms with Gasteiger partial charge in [-0.15, -0.1) is 10.2 Å². The van der Waals surface area contributed by atoms with Crippen molar-refractivity contribution in [3.63, 3.8) is 0 Å². The molecule has 6 nitrogen and oxygen atoms in total. The fourth-order valence-corrected chi connectivity index (χ4v) is 4.52. The van der Waals surface area contributed by atoms with Crippen LogP contribution in [0.25, 0.3) is 28.0 Å². The molecule has 5 aromatic rings. The van der Waals surface area contributed by atoms with Gasteiger partial charge in [0.25, 0.3) is 5.56 Å². The summed E-state index contributed by atoms with van der Waals surface area (Å²) in [6.07, 6.45) is 0. The van der Waals surface area contributed by atoms with Gasteiger partial charge in [-0.05, 0) is 55.8 Å². The molecule has 5 rings (SSSR count). The van der Waals surface area contributed by atoms with Crippen molar-refractivity contribution in [3.8, 4) is 17.1 Å². The summed E-state index contributed by atoms with van der Waals surface area (Å²) in [7, 11) is 0.